The van der Waals surface area contributed by atoms with E-state index in [9.17, 15) is 0 Å². The number of furan rings is 1. The van der Waals surface area contributed by atoms with Gasteiger partial charge in [-0.2, -0.15) is 5.10 Å². The number of nitrogen functional groups attached to an aromatic ring is 1. The molecule has 3 N–H and O–H groups in total. The molecule has 0 aliphatic heterocycles. The normalized spacial score (nSPS) is 11.1. The first-order valence-electron chi connectivity index (χ1n) is 4.72. The molecule has 0 atom stereocenters. The lowest BCUT2D eigenvalue weighted by atomic mass is 10.2. The van der Waals surface area contributed by atoms with Crippen LogP contribution in [0.5, 0.6) is 0 Å². The molecule has 0 aliphatic carbocycles. The third-order valence-corrected chi connectivity index (χ3v) is 2.63. The van der Waals surface area contributed by atoms with Gasteiger partial charge in [-0.05, 0) is 18.2 Å². The molecule has 0 radical (unpaired) electrons. The van der Waals surface area contributed by atoms with Crippen LogP contribution in [0.25, 0.3) is 22.4 Å². The highest BCUT2D eigenvalue weighted by molar-refractivity contribution is 6.31. The van der Waals surface area contributed by atoms with Gasteiger partial charge in [-0.1, -0.05) is 11.6 Å². The van der Waals surface area contributed by atoms with Crippen LogP contribution < -0.4 is 5.73 Å². The highest BCUT2D eigenvalue weighted by Gasteiger charge is 2.10. The average Bonchev–Trinajstić information content (AvgIpc) is 2.82. The summed E-state index contributed by atoms with van der Waals surface area (Å²) in [6, 6.07) is 7.39. The first-order chi connectivity index (χ1) is 7.74. The van der Waals surface area contributed by atoms with Gasteiger partial charge in [0.2, 0.25) is 0 Å². The Morgan fingerprint density at radius 1 is 1.31 bits per heavy atom. The number of nitrogens with two attached hydrogens (primary N) is 1. The van der Waals surface area contributed by atoms with Crippen molar-refractivity contribution in [3.8, 4) is 11.5 Å². The van der Waals surface area contributed by atoms with E-state index in [0.717, 1.165) is 11.0 Å². The van der Waals surface area contributed by atoms with Gasteiger partial charge in [0, 0.05) is 16.5 Å². The summed E-state index contributed by atoms with van der Waals surface area (Å²) >= 11 is 5.88. The number of nitrogens with zero attached hydrogens (tertiary/aromatic N) is 1. The quantitative estimate of drug-likeness (QED) is 0.679. The van der Waals surface area contributed by atoms with Crippen LogP contribution in [0.3, 0.4) is 0 Å². The zero-order valence-corrected chi connectivity index (χ0v) is 8.95. The van der Waals surface area contributed by atoms with Crippen LogP contribution in [0.15, 0.2) is 34.9 Å². The van der Waals surface area contributed by atoms with Crippen molar-refractivity contribution < 1.29 is 4.42 Å². The van der Waals surface area contributed by atoms with Crippen LogP contribution >= 0.6 is 11.6 Å². The van der Waals surface area contributed by atoms with Gasteiger partial charge in [-0.3, -0.25) is 5.10 Å². The molecule has 0 amide bonds. The van der Waals surface area contributed by atoms with E-state index in [1.807, 2.05) is 18.2 Å². The van der Waals surface area contributed by atoms with Crippen molar-refractivity contribution in [2.24, 2.45) is 0 Å². The van der Waals surface area contributed by atoms with Crippen LogP contribution in [0.1, 0.15) is 0 Å². The first kappa shape index (κ1) is 9.30. The molecule has 3 aromatic rings. The van der Waals surface area contributed by atoms with E-state index in [1.165, 1.54) is 0 Å². The molecule has 0 spiro atoms. The van der Waals surface area contributed by atoms with Crippen molar-refractivity contribution in [2.75, 3.05) is 5.73 Å². The van der Waals surface area contributed by atoms with E-state index in [0.29, 0.717) is 22.2 Å². The number of aromatic nitrogens is 2. The summed E-state index contributed by atoms with van der Waals surface area (Å²) in [5.74, 6) is 0.660. The molecule has 0 unspecified atom stereocenters. The van der Waals surface area contributed by atoms with Crippen LogP contribution in [0.4, 0.5) is 5.69 Å². The number of nitrogens with one attached hydrogen (secondary N) is 1. The van der Waals surface area contributed by atoms with Crippen LogP contribution in [-0.4, -0.2) is 10.2 Å². The second-order valence-corrected chi connectivity index (χ2v) is 3.93. The molecule has 0 saturated carbocycles. The third kappa shape index (κ3) is 1.35. The van der Waals surface area contributed by atoms with Gasteiger partial charge < -0.3 is 10.2 Å². The number of benzene rings is 1. The molecule has 0 fully saturated rings. The lowest BCUT2D eigenvalue weighted by Crippen LogP contribution is -1.84. The zero-order valence-electron chi connectivity index (χ0n) is 8.20. The molecule has 80 valence electrons. The summed E-state index contributed by atoms with van der Waals surface area (Å²) in [6.07, 6.45) is 1.55. The second kappa shape index (κ2) is 3.28. The minimum absolute atomic E-state index is 0.560. The lowest BCUT2D eigenvalue weighted by Gasteiger charge is -1.91. The second-order valence-electron chi connectivity index (χ2n) is 3.49. The van der Waals surface area contributed by atoms with E-state index in [-0.39, 0.29) is 0 Å². The number of halogens is 1. The Hall–Kier alpha value is -1.94. The first-order valence-corrected chi connectivity index (χ1v) is 5.10. The molecule has 2 heterocycles. The SMILES string of the molecule is Nc1cn[nH]c1-c1cc2ccc(Cl)cc2o1. The van der Waals surface area contributed by atoms with Crippen LogP contribution in [0.2, 0.25) is 5.02 Å². The Morgan fingerprint density at radius 3 is 2.94 bits per heavy atom. The molecule has 0 saturated heterocycles. The fourth-order valence-corrected chi connectivity index (χ4v) is 1.78. The van der Waals surface area contributed by atoms with Crippen LogP contribution in [0, 0.1) is 0 Å². The summed E-state index contributed by atoms with van der Waals surface area (Å²) in [7, 11) is 0. The van der Waals surface area contributed by atoms with Gasteiger partial charge in [-0.15, -0.1) is 0 Å². The Morgan fingerprint density at radius 2 is 2.19 bits per heavy atom. The Bertz CT molecular complexity index is 656. The van der Waals surface area contributed by atoms with Gasteiger partial charge in [0.1, 0.15) is 11.3 Å². The fourth-order valence-electron chi connectivity index (χ4n) is 1.62. The lowest BCUT2D eigenvalue weighted by molar-refractivity contribution is 0.628. The standard InChI is InChI=1S/C11H8ClN3O/c12-7-2-1-6-3-10(16-9(6)4-7)11-8(13)5-14-15-11/h1-5H,13H2,(H,14,15). The molecule has 0 aliphatic rings. The van der Waals surface area contributed by atoms with Crippen LogP contribution in [-0.2, 0) is 0 Å². The molecular formula is C11H8ClN3O. The topological polar surface area (TPSA) is 67.8 Å². The maximum Gasteiger partial charge on any atom is 0.155 e. The molecule has 2 aromatic heterocycles. The molecule has 3 rings (SSSR count). The van der Waals surface area contributed by atoms with Crippen molar-refractivity contribution in [3.63, 3.8) is 0 Å². The number of hydrogen-bond donors (Lipinski definition) is 2. The summed E-state index contributed by atoms with van der Waals surface area (Å²) in [4.78, 5) is 0. The number of fused-ring (bicyclic) bond motifs is 1. The minimum Gasteiger partial charge on any atom is -0.454 e. The number of aromatic amines is 1. The number of hydrogen-bond acceptors (Lipinski definition) is 3. The van der Waals surface area contributed by atoms with Crippen molar-refractivity contribution in [2.45, 2.75) is 0 Å². The summed E-state index contributed by atoms with van der Waals surface area (Å²) in [5.41, 5.74) is 7.73. The zero-order chi connectivity index (χ0) is 11.1. The summed E-state index contributed by atoms with van der Waals surface area (Å²) < 4.78 is 5.64. The van der Waals surface area contributed by atoms with Gasteiger partial charge in [0.25, 0.3) is 0 Å². The average molecular weight is 234 g/mol. The van der Waals surface area contributed by atoms with E-state index < -0.39 is 0 Å². The Labute approximate surface area is 96.0 Å². The predicted molar refractivity (Wildman–Crippen MR) is 63.2 cm³/mol. The van der Waals surface area contributed by atoms with Crippen molar-refractivity contribution in [1.29, 1.82) is 0 Å². The van der Waals surface area contributed by atoms with E-state index >= 15 is 0 Å². The molecule has 1 aromatic carbocycles. The van der Waals surface area contributed by atoms with Crippen molar-refractivity contribution >= 4 is 28.3 Å². The van der Waals surface area contributed by atoms with Crippen molar-refractivity contribution in [1.82, 2.24) is 10.2 Å². The van der Waals surface area contributed by atoms with Gasteiger partial charge in [-0.25, -0.2) is 0 Å². The molecular weight excluding hydrogens is 226 g/mol. The summed E-state index contributed by atoms with van der Waals surface area (Å²) in [6.45, 7) is 0. The summed E-state index contributed by atoms with van der Waals surface area (Å²) in [5, 5.41) is 8.27. The molecule has 4 nitrogen and oxygen atoms in total. The number of rotatable bonds is 1. The van der Waals surface area contributed by atoms with Gasteiger partial charge in [0.15, 0.2) is 5.76 Å². The van der Waals surface area contributed by atoms with Crippen molar-refractivity contribution in [3.05, 3.63) is 35.5 Å². The number of H-pyrrole nitrogens is 1. The minimum atomic E-state index is 0.560. The fraction of sp³-hybridized carbons (Fsp3) is 0. The molecule has 5 heteroatoms. The maximum atomic E-state index is 5.88. The van der Waals surface area contributed by atoms with E-state index in [4.69, 9.17) is 21.8 Å². The van der Waals surface area contributed by atoms with E-state index in [1.54, 1.807) is 12.3 Å². The molecule has 0 bridgehead atoms. The largest absolute Gasteiger partial charge is 0.454 e. The maximum absolute atomic E-state index is 5.88. The third-order valence-electron chi connectivity index (χ3n) is 2.40. The predicted octanol–water partition coefficient (Wildman–Crippen LogP) is 3.06. The monoisotopic (exact) mass is 233 g/mol. The van der Waals surface area contributed by atoms with E-state index in [2.05, 4.69) is 10.2 Å². The van der Waals surface area contributed by atoms with Gasteiger partial charge >= 0.3 is 0 Å². The Kier molecular flexibility index (Phi) is 1.91. The smallest absolute Gasteiger partial charge is 0.155 e. The molecule has 16 heavy (non-hydrogen) atoms. The highest BCUT2D eigenvalue weighted by atomic mass is 35.5. The Balaban J connectivity index is 2.23. The van der Waals surface area contributed by atoms with Gasteiger partial charge in [0.05, 0.1) is 11.9 Å². The highest BCUT2D eigenvalue weighted by Crippen LogP contribution is 2.30. The number of anilines is 1.